The first-order valence-electron chi connectivity index (χ1n) is 3.80. The summed E-state index contributed by atoms with van der Waals surface area (Å²) in [5, 5.41) is 0. The van der Waals surface area contributed by atoms with E-state index in [-0.39, 0.29) is 6.42 Å². The van der Waals surface area contributed by atoms with Crippen molar-refractivity contribution in [1.29, 1.82) is 0 Å². The van der Waals surface area contributed by atoms with E-state index in [1.807, 2.05) is 0 Å². The number of amides is 1. The van der Waals surface area contributed by atoms with Crippen LogP contribution in [-0.4, -0.2) is 18.6 Å². The fourth-order valence-corrected chi connectivity index (χ4v) is 2.69. The van der Waals surface area contributed by atoms with Crippen molar-refractivity contribution in [1.82, 2.24) is 4.31 Å². The minimum atomic E-state index is -3.99. The molecule has 2 rings (SSSR count). The van der Waals surface area contributed by atoms with Gasteiger partial charge in [-0.15, -0.1) is 0 Å². The molecular formula is C7H6ClNO4S. The third-order valence-electron chi connectivity index (χ3n) is 2.00. The smallest absolute Gasteiger partial charge is 0.324 e. The van der Waals surface area contributed by atoms with E-state index < -0.39 is 21.2 Å². The van der Waals surface area contributed by atoms with Crippen LogP contribution in [0.1, 0.15) is 18.2 Å². The highest BCUT2D eigenvalue weighted by atomic mass is 35.7. The normalized spacial score (nSPS) is 22.2. The summed E-state index contributed by atoms with van der Waals surface area (Å²) in [6, 6.07) is 2.64. The van der Waals surface area contributed by atoms with Gasteiger partial charge >= 0.3 is 9.24 Å². The Bertz CT molecular complexity index is 452. The van der Waals surface area contributed by atoms with Gasteiger partial charge in [0.25, 0.3) is 0 Å². The number of halogens is 1. The molecule has 1 aliphatic heterocycles. The van der Waals surface area contributed by atoms with E-state index in [0.717, 1.165) is 0 Å². The lowest BCUT2D eigenvalue weighted by Crippen LogP contribution is -2.47. The number of rotatable bonds is 2. The first-order valence-corrected chi connectivity index (χ1v) is 6.07. The predicted molar refractivity (Wildman–Crippen MR) is 47.7 cm³/mol. The molecule has 1 aliphatic rings. The second-order valence-electron chi connectivity index (χ2n) is 2.87. The second kappa shape index (κ2) is 2.99. The number of carbonyl (C=O) groups excluding carboxylic acids is 1. The molecule has 0 saturated carbocycles. The third-order valence-corrected chi connectivity index (χ3v) is 3.38. The van der Waals surface area contributed by atoms with Crippen LogP contribution in [-0.2, 0) is 14.0 Å². The summed E-state index contributed by atoms with van der Waals surface area (Å²) >= 11 is 0. The van der Waals surface area contributed by atoms with Crippen molar-refractivity contribution in [2.24, 2.45) is 0 Å². The van der Waals surface area contributed by atoms with Crippen molar-refractivity contribution in [3.8, 4) is 0 Å². The van der Waals surface area contributed by atoms with E-state index in [0.29, 0.717) is 10.1 Å². The molecule has 0 aliphatic carbocycles. The third kappa shape index (κ3) is 1.40. The lowest BCUT2D eigenvalue weighted by atomic mass is 10.0. The molecule has 1 aromatic rings. The van der Waals surface area contributed by atoms with Gasteiger partial charge in [-0.05, 0) is 12.1 Å². The Hall–Kier alpha value is -1.01. The fraction of sp³-hybridized carbons (Fsp3) is 0.286. The summed E-state index contributed by atoms with van der Waals surface area (Å²) in [7, 11) is 1.08. The maximum absolute atomic E-state index is 11.0. The zero-order chi connectivity index (χ0) is 10.3. The van der Waals surface area contributed by atoms with Crippen LogP contribution in [0.25, 0.3) is 0 Å². The molecule has 1 atom stereocenters. The Morgan fingerprint density at radius 3 is 2.71 bits per heavy atom. The van der Waals surface area contributed by atoms with E-state index in [9.17, 15) is 13.2 Å². The molecule has 1 unspecified atom stereocenters. The predicted octanol–water partition coefficient (Wildman–Crippen LogP) is 1.04. The number of carbonyl (C=O) groups is 1. The van der Waals surface area contributed by atoms with Crippen LogP contribution in [0.5, 0.6) is 0 Å². The Kier molecular flexibility index (Phi) is 2.04. The molecule has 1 aromatic heterocycles. The van der Waals surface area contributed by atoms with Gasteiger partial charge in [0.2, 0.25) is 5.91 Å². The van der Waals surface area contributed by atoms with Crippen LogP contribution >= 0.6 is 10.7 Å². The average molecular weight is 236 g/mol. The van der Waals surface area contributed by atoms with Crippen LogP contribution in [0.15, 0.2) is 22.8 Å². The summed E-state index contributed by atoms with van der Waals surface area (Å²) < 4.78 is 27.5. The Morgan fingerprint density at radius 2 is 2.29 bits per heavy atom. The van der Waals surface area contributed by atoms with Crippen LogP contribution in [0.4, 0.5) is 0 Å². The molecule has 0 bridgehead atoms. The molecule has 1 saturated heterocycles. The van der Waals surface area contributed by atoms with E-state index in [4.69, 9.17) is 15.1 Å². The van der Waals surface area contributed by atoms with Crippen molar-refractivity contribution < 1.29 is 17.6 Å². The molecule has 0 radical (unpaired) electrons. The fourth-order valence-electron chi connectivity index (χ4n) is 1.37. The molecule has 0 spiro atoms. The van der Waals surface area contributed by atoms with Crippen molar-refractivity contribution in [2.45, 2.75) is 12.5 Å². The Morgan fingerprint density at radius 1 is 1.57 bits per heavy atom. The number of β-lactam (4-membered cyclic amide) rings is 1. The average Bonchev–Trinajstić information content (AvgIpc) is 2.47. The zero-order valence-electron chi connectivity index (χ0n) is 6.88. The molecule has 7 heteroatoms. The number of furan rings is 1. The first-order chi connectivity index (χ1) is 6.50. The molecule has 14 heavy (non-hydrogen) atoms. The molecule has 1 amide bonds. The number of hydrogen-bond donors (Lipinski definition) is 0. The highest BCUT2D eigenvalue weighted by molar-refractivity contribution is 8.12. The highest BCUT2D eigenvalue weighted by Crippen LogP contribution is 2.38. The number of nitrogens with zero attached hydrogens (tertiary/aromatic N) is 1. The molecule has 0 N–H and O–H groups in total. The molecule has 1 fully saturated rings. The standard InChI is InChI=1S/C7H6ClNO4S/c8-14(11,12)9-5(4-7(9)10)6-2-1-3-13-6/h1-3,5H,4H2. The number of hydrogen-bond acceptors (Lipinski definition) is 4. The van der Waals surface area contributed by atoms with Gasteiger partial charge in [-0.2, -0.15) is 8.42 Å². The summed E-state index contributed by atoms with van der Waals surface area (Å²) in [5.41, 5.74) is 0. The SMILES string of the molecule is O=C1CC(c2ccco2)N1S(=O)(=O)Cl. The summed E-state index contributed by atoms with van der Waals surface area (Å²) in [6.07, 6.45) is 1.52. The summed E-state index contributed by atoms with van der Waals surface area (Å²) in [6.45, 7) is 0. The van der Waals surface area contributed by atoms with E-state index in [1.54, 1.807) is 12.1 Å². The highest BCUT2D eigenvalue weighted by Gasteiger charge is 2.46. The topological polar surface area (TPSA) is 67.6 Å². The van der Waals surface area contributed by atoms with Gasteiger partial charge in [0.05, 0.1) is 12.7 Å². The van der Waals surface area contributed by atoms with Gasteiger partial charge in [-0.1, -0.05) is 0 Å². The van der Waals surface area contributed by atoms with E-state index >= 15 is 0 Å². The van der Waals surface area contributed by atoms with Gasteiger partial charge in [-0.25, -0.2) is 4.31 Å². The maximum atomic E-state index is 11.0. The van der Waals surface area contributed by atoms with E-state index in [2.05, 4.69) is 0 Å². The lowest BCUT2D eigenvalue weighted by Gasteiger charge is -2.35. The zero-order valence-corrected chi connectivity index (χ0v) is 8.46. The van der Waals surface area contributed by atoms with Crippen molar-refractivity contribution in [2.75, 3.05) is 0 Å². The van der Waals surface area contributed by atoms with Gasteiger partial charge in [-0.3, -0.25) is 4.79 Å². The van der Waals surface area contributed by atoms with Crippen LogP contribution < -0.4 is 0 Å². The van der Waals surface area contributed by atoms with Gasteiger partial charge in [0, 0.05) is 10.7 Å². The molecule has 76 valence electrons. The quantitative estimate of drug-likeness (QED) is 0.567. The van der Waals surface area contributed by atoms with Crippen LogP contribution in [0, 0.1) is 0 Å². The molecule has 0 aromatic carbocycles. The molecule has 2 heterocycles. The largest absolute Gasteiger partial charge is 0.467 e. The summed E-state index contributed by atoms with van der Waals surface area (Å²) in [5.74, 6) is -0.0878. The van der Waals surface area contributed by atoms with Gasteiger partial charge < -0.3 is 4.42 Å². The minimum absolute atomic E-state index is 0.111. The lowest BCUT2D eigenvalue weighted by molar-refractivity contribution is -0.138. The second-order valence-corrected chi connectivity index (χ2v) is 5.25. The van der Waals surface area contributed by atoms with Gasteiger partial charge in [0.15, 0.2) is 0 Å². The van der Waals surface area contributed by atoms with Crippen molar-refractivity contribution >= 4 is 25.8 Å². The monoisotopic (exact) mass is 235 g/mol. The van der Waals surface area contributed by atoms with Crippen LogP contribution in [0.2, 0.25) is 0 Å². The minimum Gasteiger partial charge on any atom is -0.467 e. The van der Waals surface area contributed by atoms with Crippen molar-refractivity contribution in [3.05, 3.63) is 24.2 Å². The maximum Gasteiger partial charge on any atom is 0.324 e. The molecular weight excluding hydrogens is 230 g/mol. The summed E-state index contributed by atoms with van der Waals surface area (Å²) in [4.78, 5) is 11.0. The van der Waals surface area contributed by atoms with E-state index in [1.165, 1.54) is 6.26 Å². The van der Waals surface area contributed by atoms with Gasteiger partial charge in [0.1, 0.15) is 11.8 Å². The van der Waals surface area contributed by atoms with Crippen LogP contribution in [0.3, 0.4) is 0 Å². The first kappa shape index (κ1) is 9.54. The Labute approximate surface area is 84.8 Å². The molecule has 5 nitrogen and oxygen atoms in total. The van der Waals surface area contributed by atoms with Crippen molar-refractivity contribution in [3.63, 3.8) is 0 Å². The Balaban J connectivity index is 2.30.